The van der Waals surface area contributed by atoms with Crippen LogP contribution in [0.2, 0.25) is 0 Å². The Morgan fingerprint density at radius 1 is 1.29 bits per heavy atom. The summed E-state index contributed by atoms with van der Waals surface area (Å²) in [6, 6.07) is -0.182. The highest BCUT2D eigenvalue weighted by Crippen LogP contribution is 2.37. The van der Waals surface area contributed by atoms with Gasteiger partial charge in [0.05, 0.1) is 0 Å². The number of hydrogen-bond acceptors (Lipinski definition) is 3. The third kappa shape index (κ3) is 2.30. The van der Waals surface area contributed by atoms with Gasteiger partial charge in [-0.2, -0.15) is 11.8 Å². The fourth-order valence-electron chi connectivity index (χ4n) is 2.91. The van der Waals surface area contributed by atoms with E-state index in [9.17, 15) is 9.59 Å². The number of hydrogen-bond donors (Lipinski definition) is 1. The Labute approximate surface area is 106 Å². The standard InChI is InChI=1S/C12H20N2O2S/c1-17-9-5-8-14-11(16)13-10(15)12(14)6-3-2-4-7-12/h2-9H2,1H3,(H,13,15,16). The lowest BCUT2D eigenvalue weighted by Gasteiger charge is -2.38. The Hall–Kier alpha value is -0.710. The van der Waals surface area contributed by atoms with Crippen molar-refractivity contribution >= 4 is 23.7 Å². The van der Waals surface area contributed by atoms with Crippen molar-refractivity contribution in [1.29, 1.82) is 0 Å². The van der Waals surface area contributed by atoms with Crippen LogP contribution in [-0.4, -0.2) is 40.9 Å². The van der Waals surface area contributed by atoms with E-state index in [2.05, 4.69) is 11.6 Å². The van der Waals surface area contributed by atoms with Gasteiger partial charge in [-0.05, 0) is 31.3 Å². The molecule has 3 amide bonds. The molecule has 1 aliphatic heterocycles. The minimum Gasteiger partial charge on any atom is -0.310 e. The topological polar surface area (TPSA) is 49.4 Å². The predicted molar refractivity (Wildman–Crippen MR) is 69.1 cm³/mol. The van der Waals surface area contributed by atoms with E-state index in [1.807, 2.05) is 0 Å². The van der Waals surface area contributed by atoms with Crippen molar-refractivity contribution in [2.75, 3.05) is 18.6 Å². The highest BCUT2D eigenvalue weighted by Gasteiger charge is 2.52. The van der Waals surface area contributed by atoms with E-state index in [-0.39, 0.29) is 11.9 Å². The number of nitrogens with zero attached hydrogens (tertiary/aromatic N) is 1. The molecule has 96 valence electrons. The average Bonchev–Trinajstić information content (AvgIpc) is 2.55. The van der Waals surface area contributed by atoms with Crippen molar-refractivity contribution in [1.82, 2.24) is 10.2 Å². The Morgan fingerprint density at radius 3 is 2.65 bits per heavy atom. The van der Waals surface area contributed by atoms with Gasteiger partial charge in [-0.1, -0.05) is 19.3 Å². The smallest absolute Gasteiger partial charge is 0.310 e. The highest BCUT2D eigenvalue weighted by atomic mass is 32.2. The van der Waals surface area contributed by atoms with Crippen LogP contribution in [0.4, 0.5) is 4.79 Å². The molecule has 0 unspecified atom stereocenters. The van der Waals surface area contributed by atoms with Crippen molar-refractivity contribution in [3.63, 3.8) is 0 Å². The maximum absolute atomic E-state index is 12.0. The molecular formula is C12H20N2O2S. The first kappa shape index (κ1) is 12.7. The molecule has 1 heterocycles. The van der Waals surface area contributed by atoms with Crippen LogP contribution >= 0.6 is 11.8 Å². The van der Waals surface area contributed by atoms with Gasteiger partial charge in [0.25, 0.3) is 5.91 Å². The molecule has 2 fully saturated rings. The summed E-state index contributed by atoms with van der Waals surface area (Å²) >= 11 is 1.78. The third-order valence-electron chi connectivity index (χ3n) is 3.82. The average molecular weight is 256 g/mol. The molecule has 0 aromatic rings. The van der Waals surface area contributed by atoms with Gasteiger partial charge in [0.1, 0.15) is 5.54 Å². The summed E-state index contributed by atoms with van der Waals surface area (Å²) in [5.41, 5.74) is -0.506. The molecule has 0 bridgehead atoms. The molecule has 2 rings (SSSR count). The second-order valence-electron chi connectivity index (χ2n) is 4.85. The van der Waals surface area contributed by atoms with Crippen LogP contribution in [0, 0.1) is 0 Å². The van der Waals surface area contributed by atoms with E-state index in [0.717, 1.165) is 37.9 Å². The molecule has 1 spiro atoms. The quantitative estimate of drug-likeness (QED) is 0.618. The van der Waals surface area contributed by atoms with Gasteiger partial charge >= 0.3 is 6.03 Å². The number of carbonyl (C=O) groups is 2. The lowest BCUT2D eigenvalue weighted by Crippen LogP contribution is -2.51. The SMILES string of the molecule is CSCCCN1C(=O)NC(=O)C12CCCCC2. The molecule has 1 N–H and O–H groups in total. The van der Waals surface area contributed by atoms with E-state index < -0.39 is 5.54 Å². The van der Waals surface area contributed by atoms with Gasteiger partial charge in [0.15, 0.2) is 0 Å². The number of thioether (sulfide) groups is 1. The second kappa shape index (κ2) is 5.29. The van der Waals surface area contributed by atoms with Crippen molar-refractivity contribution < 1.29 is 9.59 Å². The van der Waals surface area contributed by atoms with Gasteiger partial charge in [0, 0.05) is 6.54 Å². The molecule has 1 saturated heterocycles. The fourth-order valence-corrected chi connectivity index (χ4v) is 3.33. The van der Waals surface area contributed by atoms with Crippen LogP contribution in [0.15, 0.2) is 0 Å². The summed E-state index contributed by atoms with van der Waals surface area (Å²) in [6.45, 7) is 0.707. The summed E-state index contributed by atoms with van der Waals surface area (Å²) in [6.07, 6.45) is 7.99. The van der Waals surface area contributed by atoms with Crippen LogP contribution in [0.5, 0.6) is 0 Å². The number of urea groups is 1. The highest BCUT2D eigenvalue weighted by molar-refractivity contribution is 7.98. The Morgan fingerprint density at radius 2 is 2.00 bits per heavy atom. The molecule has 0 atom stereocenters. The first-order chi connectivity index (χ1) is 8.20. The van der Waals surface area contributed by atoms with Crippen LogP contribution < -0.4 is 5.32 Å². The van der Waals surface area contributed by atoms with Gasteiger partial charge in [-0.15, -0.1) is 0 Å². The van der Waals surface area contributed by atoms with Gasteiger partial charge in [-0.25, -0.2) is 4.79 Å². The Kier molecular flexibility index (Phi) is 3.97. The molecule has 5 heteroatoms. The molecule has 0 radical (unpaired) electrons. The molecule has 1 saturated carbocycles. The van der Waals surface area contributed by atoms with Crippen molar-refractivity contribution in [3.8, 4) is 0 Å². The zero-order valence-corrected chi connectivity index (χ0v) is 11.1. The lowest BCUT2D eigenvalue weighted by atomic mass is 9.80. The summed E-state index contributed by atoms with van der Waals surface area (Å²) in [4.78, 5) is 25.7. The summed E-state index contributed by atoms with van der Waals surface area (Å²) < 4.78 is 0. The normalized spacial score (nSPS) is 23.2. The van der Waals surface area contributed by atoms with E-state index >= 15 is 0 Å². The van der Waals surface area contributed by atoms with Gasteiger partial charge in [0.2, 0.25) is 0 Å². The lowest BCUT2D eigenvalue weighted by molar-refractivity contribution is -0.128. The van der Waals surface area contributed by atoms with Crippen molar-refractivity contribution in [3.05, 3.63) is 0 Å². The maximum Gasteiger partial charge on any atom is 0.325 e. The van der Waals surface area contributed by atoms with Crippen LogP contribution in [-0.2, 0) is 4.79 Å². The molecule has 0 aromatic heterocycles. The Balaban J connectivity index is 2.08. The first-order valence-electron chi connectivity index (χ1n) is 6.33. The maximum atomic E-state index is 12.0. The van der Waals surface area contributed by atoms with E-state index in [1.165, 1.54) is 6.42 Å². The summed E-state index contributed by atoms with van der Waals surface area (Å²) in [5, 5.41) is 2.50. The zero-order valence-electron chi connectivity index (χ0n) is 10.3. The van der Waals surface area contributed by atoms with Gasteiger partial charge in [-0.3, -0.25) is 10.1 Å². The molecular weight excluding hydrogens is 236 g/mol. The zero-order chi connectivity index (χ0) is 12.3. The number of rotatable bonds is 4. The minimum atomic E-state index is -0.506. The van der Waals surface area contributed by atoms with Crippen molar-refractivity contribution in [2.24, 2.45) is 0 Å². The summed E-state index contributed by atoms with van der Waals surface area (Å²) in [5.74, 6) is 0.972. The number of amides is 3. The van der Waals surface area contributed by atoms with Crippen LogP contribution in [0.3, 0.4) is 0 Å². The molecule has 17 heavy (non-hydrogen) atoms. The van der Waals surface area contributed by atoms with E-state index in [4.69, 9.17) is 0 Å². The number of imide groups is 1. The fraction of sp³-hybridized carbons (Fsp3) is 0.833. The molecule has 2 aliphatic rings. The first-order valence-corrected chi connectivity index (χ1v) is 7.72. The molecule has 0 aromatic carbocycles. The predicted octanol–water partition coefficient (Wildman–Crippen LogP) is 1.99. The van der Waals surface area contributed by atoms with Gasteiger partial charge < -0.3 is 4.90 Å². The monoisotopic (exact) mass is 256 g/mol. The van der Waals surface area contributed by atoms with Crippen LogP contribution in [0.1, 0.15) is 38.5 Å². The molecule has 1 aliphatic carbocycles. The Bertz CT molecular complexity index is 314. The largest absolute Gasteiger partial charge is 0.325 e. The second-order valence-corrected chi connectivity index (χ2v) is 5.84. The summed E-state index contributed by atoms with van der Waals surface area (Å²) in [7, 11) is 0. The molecule has 4 nitrogen and oxygen atoms in total. The van der Waals surface area contributed by atoms with E-state index in [0.29, 0.717) is 6.54 Å². The van der Waals surface area contributed by atoms with Crippen LogP contribution in [0.25, 0.3) is 0 Å². The van der Waals surface area contributed by atoms with E-state index in [1.54, 1.807) is 16.7 Å². The number of carbonyl (C=O) groups excluding carboxylic acids is 2. The minimum absolute atomic E-state index is 0.0636. The van der Waals surface area contributed by atoms with Crippen molar-refractivity contribution in [2.45, 2.75) is 44.1 Å². The third-order valence-corrected chi connectivity index (χ3v) is 4.51. The number of nitrogens with one attached hydrogen (secondary N) is 1.